The van der Waals surface area contributed by atoms with E-state index in [1.807, 2.05) is 0 Å². The lowest BCUT2D eigenvalue weighted by Gasteiger charge is -2.21. The van der Waals surface area contributed by atoms with E-state index >= 15 is 0 Å². The lowest BCUT2D eigenvalue weighted by Crippen LogP contribution is -2.37. The number of aromatic amines is 1. The van der Waals surface area contributed by atoms with E-state index in [-0.39, 0.29) is 17.3 Å². The SMILES string of the molecule is Cc1n[nH]c(C)c1S(=O)(=O)N1CCCN(C(=O)c2cnoc2C)CC1. The molecule has 2 aromatic heterocycles. The highest BCUT2D eigenvalue weighted by molar-refractivity contribution is 7.89. The van der Waals surface area contributed by atoms with Crippen molar-refractivity contribution in [1.29, 1.82) is 0 Å². The Labute approximate surface area is 146 Å². The van der Waals surface area contributed by atoms with Crippen molar-refractivity contribution >= 4 is 15.9 Å². The van der Waals surface area contributed by atoms with Crippen LogP contribution in [0.1, 0.15) is 33.9 Å². The van der Waals surface area contributed by atoms with Crippen LogP contribution < -0.4 is 0 Å². The molecule has 1 saturated heterocycles. The van der Waals surface area contributed by atoms with E-state index in [9.17, 15) is 13.2 Å². The summed E-state index contributed by atoms with van der Waals surface area (Å²) in [5, 5.41) is 10.3. The zero-order chi connectivity index (χ0) is 18.2. The van der Waals surface area contributed by atoms with Gasteiger partial charge in [0.2, 0.25) is 10.0 Å². The number of carbonyl (C=O) groups is 1. The molecule has 1 amide bonds. The van der Waals surface area contributed by atoms with Crippen LogP contribution >= 0.6 is 0 Å². The molecule has 1 fully saturated rings. The van der Waals surface area contributed by atoms with E-state index in [2.05, 4.69) is 15.4 Å². The third-order valence-corrected chi connectivity index (χ3v) is 6.54. The van der Waals surface area contributed by atoms with E-state index in [0.29, 0.717) is 48.8 Å². The van der Waals surface area contributed by atoms with Gasteiger partial charge in [-0.25, -0.2) is 8.42 Å². The van der Waals surface area contributed by atoms with Gasteiger partial charge in [-0.3, -0.25) is 9.89 Å². The van der Waals surface area contributed by atoms with Crippen LogP contribution in [-0.4, -0.2) is 65.1 Å². The lowest BCUT2D eigenvalue weighted by atomic mass is 10.2. The normalized spacial score (nSPS) is 16.8. The van der Waals surface area contributed by atoms with E-state index in [1.165, 1.54) is 10.5 Å². The van der Waals surface area contributed by atoms with E-state index < -0.39 is 10.0 Å². The molecular weight excluding hydrogens is 346 g/mol. The van der Waals surface area contributed by atoms with Gasteiger partial charge >= 0.3 is 0 Å². The van der Waals surface area contributed by atoms with E-state index in [0.717, 1.165) is 0 Å². The summed E-state index contributed by atoms with van der Waals surface area (Å²) in [5.74, 6) is 0.275. The first kappa shape index (κ1) is 17.6. The first-order valence-electron chi connectivity index (χ1n) is 8.04. The largest absolute Gasteiger partial charge is 0.361 e. The molecule has 9 nitrogen and oxygen atoms in total. The summed E-state index contributed by atoms with van der Waals surface area (Å²) in [5.41, 5.74) is 1.39. The highest BCUT2D eigenvalue weighted by Crippen LogP contribution is 2.23. The van der Waals surface area contributed by atoms with Crippen LogP contribution in [0.25, 0.3) is 0 Å². The third kappa shape index (κ3) is 3.19. The maximum Gasteiger partial charge on any atom is 0.259 e. The quantitative estimate of drug-likeness (QED) is 0.861. The maximum absolute atomic E-state index is 12.9. The van der Waals surface area contributed by atoms with Gasteiger partial charge in [-0.15, -0.1) is 0 Å². The highest BCUT2D eigenvalue weighted by atomic mass is 32.2. The molecule has 0 spiro atoms. The second-order valence-electron chi connectivity index (χ2n) is 6.11. The van der Waals surface area contributed by atoms with Gasteiger partial charge in [0.25, 0.3) is 5.91 Å². The number of rotatable bonds is 3. The van der Waals surface area contributed by atoms with Crippen LogP contribution in [0, 0.1) is 20.8 Å². The second-order valence-corrected chi connectivity index (χ2v) is 7.98. The molecule has 0 unspecified atom stereocenters. The first-order valence-corrected chi connectivity index (χ1v) is 9.48. The average Bonchev–Trinajstić information content (AvgIpc) is 3.02. The Balaban J connectivity index is 1.78. The fourth-order valence-electron chi connectivity index (χ4n) is 3.06. The number of nitrogens with one attached hydrogen (secondary N) is 1. The minimum Gasteiger partial charge on any atom is -0.361 e. The average molecular weight is 367 g/mol. The van der Waals surface area contributed by atoms with Gasteiger partial charge in [0.15, 0.2) is 0 Å². The summed E-state index contributed by atoms with van der Waals surface area (Å²) in [4.78, 5) is 14.4. The molecule has 2 aromatic rings. The van der Waals surface area contributed by atoms with Gasteiger partial charge in [-0.05, 0) is 27.2 Å². The Bertz CT molecular complexity index is 866. The van der Waals surface area contributed by atoms with Crippen molar-refractivity contribution in [1.82, 2.24) is 24.6 Å². The third-order valence-electron chi connectivity index (χ3n) is 4.38. The second kappa shape index (κ2) is 6.60. The molecule has 0 saturated carbocycles. The minimum absolute atomic E-state index is 0.186. The molecule has 1 aliphatic rings. The van der Waals surface area contributed by atoms with Crippen molar-refractivity contribution in [2.45, 2.75) is 32.1 Å². The Hall–Kier alpha value is -2.20. The summed E-state index contributed by atoms with van der Waals surface area (Å²) in [6.45, 7) is 6.44. The molecule has 1 aliphatic heterocycles. The molecule has 136 valence electrons. The number of carbonyl (C=O) groups excluding carboxylic acids is 1. The van der Waals surface area contributed by atoms with Crippen LogP contribution in [0.5, 0.6) is 0 Å². The number of hydrogen-bond acceptors (Lipinski definition) is 6. The van der Waals surface area contributed by atoms with Crippen LogP contribution in [-0.2, 0) is 10.0 Å². The number of sulfonamides is 1. The Morgan fingerprint density at radius 2 is 1.96 bits per heavy atom. The Morgan fingerprint density at radius 1 is 1.20 bits per heavy atom. The van der Waals surface area contributed by atoms with Crippen LogP contribution in [0.15, 0.2) is 15.6 Å². The molecule has 10 heteroatoms. The molecule has 0 atom stereocenters. The van der Waals surface area contributed by atoms with Gasteiger partial charge in [0.05, 0.1) is 17.6 Å². The molecule has 0 aromatic carbocycles. The predicted molar refractivity (Wildman–Crippen MR) is 88.6 cm³/mol. The smallest absolute Gasteiger partial charge is 0.259 e. The predicted octanol–water partition coefficient (Wildman–Crippen LogP) is 0.860. The summed E-state index contributed by atoms with van der Waals surface area (Å²) < 4.78 is 32.2. The zero-order valence-electron chi connectivity index (χ0n) is 14.4. The zero-order valence-corrected chi connectivity index (χ0v) is 15.3. The lowest BCUT2D eigenvalue weighted by molar-refractivity contribution is 0.0762. The first-order chi connectivity index (χ1) is 11.8. The van der Waals surface area contributed by atoms with Crippen LogP contribution in [0.4, 0.5) is 0 Å². The fourth-order valence-corrected chi connectivity index (χ4v) is 4.86. The maximum atomic E-state index is 12.9. The fraction of sp³-hybridized carbons (Fsp3) is 0.533. The topological polar surface area (TPSA) is 112 Å². The van der Waals surface area contributed by atoms with Gasteiger partial charge in [0, 0.05) is 26.2 Å². The van der Waals surface area contributed by atoms with E-state index in [4.69, 9.17) is 4.52 Å². The standard InChI is InChI=1S/C15H21N5O4S/c1-10-14(11(2)18-17-10)25(22,23)20-6-4-5-19(7-8-20)15(21)13-9-16-24-12(13)3/h9H,4-8H2,1-3H3,(H,17,18). The highest BCUT2D eigenvalue weighted by Gasteiger charge is 2.32. The van der Waals surface area contributed by atoms with Gasteiger partial charge in [0.1, 0.15) is 16.2 Å². The summed E-state index contributed by atoms with van der Waals surface area (Å²) in [6.07, 6.45) is 1.96. The van der Waals surface area contributed by atoms with Crippen molar-refractivity contribution in [2.24, 2.45) is 0 Å². The molecule has 0 radical (unpaired) electrons. The van der Waals surface area contributed by atoms with Crippen molar-refractivity contribution < 1.29 is 17.7 Å². The molecule has 0 aliphatic carbocycles. The minimum atomic E-state index is -3.64. The number of nitrogens with zero attached hydrogens (tertiary/aromatic N) is 4. The van der Waals surface area contributed by atoms with Crippen molar-refractivity contribution in [3.63, 3.8) is 0 Å². The number of aromatic nitrogens is 3. The molecular formula is C15H21N5O4S. The summed E-state index contributed by atoms with van der Waals surface area (Å²) >= 11 is 0. The van der Waals surface area contributed by atoms with Gasteiger partial charge < -0.3 is 9.42 Å². The number of amides is 1. The van der Waals surface area contributed by atoms with E-state index in [1.54, 1.807) is 25.7 Å². The molecule has 25 heavy (non-hydrogen) atoms. The van der Waals surface area contributed by atoms with Crippen LogP contribution in [0.2, 0.25) is 0 Å². The summed E-state index contributed by atoms with van der Waals surface area (Å²) in [7, 11) is -3.64. The number of H-pyrrole nitrogens is 1. The van der Waals surface area contributed by atoms with Crippen molar-refractivity contribution in [3.05, 3.63) is 28.9 Å². The van der Waals surface area contributed by atoms with Crippen molar-refractivity contribution in [2.75, 3.05) is 26.2 Å². The molecule has 3 heterocycles. The Kier molecular flexibility index (Phi) is 4.65. The van der Waals surface area contributed by atoms with Crippen LogP contribution in [0.3, 0.4) is 0 Å². The van der Waals surface area contributed by atoms with Gasteiger partial charge in [-0.1, -0.05) is 5.16 Å². The molecule has 0 bridgehead atoms. The summed E-state index contributed by atoms with van der Waals surface area (Å²) in [6, 6.07) is 0. The van der Waals surface area contributed by atoms with Gasteiger partial charge in [-0.2, -0.15) is 9.40 Å². The number of aryl methyl sites for hydroxylation is 3. The Morgan fingerprint density at radius 3 is 2.56 bits per heavy atom. The molecule has 1 N–H and O–H groups in total. The molecule has 3 rings (SSSR count). The van der Waals surface area contributed by atoms with Crippen molar-refractivity contribution in [3.8, 4) is 0 Å². The number of hydrogen-bond donors (Lipinski definition) is 1. The monoisotopic (exact) mass is 367 g/mol.